The number of ether oxygens (including phenoxy) is 1. The number of benzene rings is 3. The minimum absolute atomic E-state index is 0.00982. The smallest absolute Gasteiger partial charge is 0.335 e. The Hall–Kier alpha value is -5.04. The fourth-order valence-corrected chi connectivity index (χ4v) is 5.47. The van der Waals surface area contributed by atoms with E-state index in [0.29, 0.717) is 12.0 Å². The van der Waals surface area contributed by atoms with Crippen molar-refractivity contribution in [3.8, 4) is 22.9 Å². The van der Waals surface area contributed by atoms with E-state index in [2.05, 4.69) is 10.6 Å². The molecule has 0 aliphatic heterocycles. The van der Waals surface area contributed by atoms with Crippen molar-refractivity contribution in [2.45, 2.75) is 12.5 Å². The van der Waals surface area contributed by atoms with Crippen molar-refractivity contribution < 1.29 is 33.0 Å². The SMILES string of the molecule is COc1cc(F)c(-c2ccc(C(=O)O)cc2)cc1C(=O)N[C@@H]1[C@H](C(=O)Nc2cc(F)cc(C#N)c2)[C@H]2C=C[C@@H]1C2. The van der Waals surface area contributed by atoms with E-state index in [-0.39, 0.29) is 45.5 Å². The number of halogens is 2. The van der Waals surface area contributed by atoms with Gasteiger partial charge in [-0.1, -0.05) is 24.3 Å². The van der Waals surface area contributed by atoms with Crippen molar-refractivity contribution in [1.82, 2.24) is 5.32 Å². The van der Waals surface area contributed by atoms with Gasteiger partial charge in [0.05, 0.1) is 35.8 Å². The molecule has 10 heteroatoms. The number of aromatic carboxylic acids is 1. The summed E-state index contributed by atoms with van der Waals surface area (Å²) >= 11 is 0. The molecule has 1 saturated carbocycles. The van der Waals surface area contributed by atoms with Gasteiger partial charge in [-0.25, -0.2) is 13.6 Å². The number of nitrogens with one attached hydrogen (secondary N) is 2. The standard InChI is InChI=1S/C30H23F2N3O5/c1-40-25-13-24(32)22(16-2-4-17(5-3-16)30(38)39)12-23(25)28(36)35-27-19-7-6-18(10-19)26(27)29(37)34-21-9-15(14-33)8-20(31)11-21/h2-9,11-13,18-19,26-27H,10H2,1H3,(H,34,37)(H,35,36)(H,38,39)/t18-,19+,26+,27-/m0/s1. The normalized spacial score (nSPS) is 20.6. The molecule has 0 spiro atoms. The Balaban J connectivity index is 1.41. The molecule has 40 heavy (non-hydrogen) atoms. The zero-order valence-corrected chi connectivity index (χ0v) is 21.2. The number of rotatable bonds is 7. The predicted octanol–water partition coefficient (Wildman–Crippen LogP) is 4.77. The summed E-state index contributed by atoms with van der Waals surface area (Å²) < 4.78 is 34.1. The highest BCUT2D eigenvalue weighted by Gasteiger charge is 2.49. The lowest BCUT2D eigenvalue weighted by Crippen LogP contribution is -2.47. The highest BCUT2D eigenvalue weighted by atomic mass is 19.1. The number of fused-ring (bicyclic) bond motifs is 2. The van der Waals surface area contributed by atoms with Gasteiger partial charge >= 0.3 is 5.97 Å². The average molecular weight is 544 g/mol. The van der Waals surface area contributed by atoms with Crippen LogP contribution in [-0.4, -0.2) is 36.0 Å². The van der Waals surface area contributed by atoms with E-state index in [1.54, 1.807) is 0 Å². The molecule has 2 bridgehead atoms. The zero-order valence-electron chi connectivity index (χ0n) is 21.2. The molecular weight excluding hydrogens is 520 g/mol. The Bertz CT molecular complexity index is 1600. The van der Waals surface area contributed by atoms with E-state index in [1.165, 1.54) is 43.5 Å². The number of nitriles is 1. The molecular formula is C30H23F2N3O5. The third kappa shape index (κ3) is 5.01. The van der Waals surface area contributed by atoms with Crippen molar-refractivity contribution in [3.63, 3.8) is 0 Å². The molecule has 0 radical (unpaired) electrons. The molecule has 0 saturated heterocycles. The summed E-state index contributed by atoms with van der Waals surface area (Å²) in [4.78, 5) is 38.0. The second kappa shape index (κ2) is 10.6. The molecule has 2 aliphatic rings. The number of hydrogen-bond acceptors (Lipinski definition) is 5. The summed E-state index contributed by atoms with van der Waals surface area (Å²) in [6.45, 7) is 0. The van der Waals surface area contributed by atoms with Crippen LogP contribution in [0.3, 0.4) is 0 Å². The Labute approximate surface area is 227 Å². The van der Waals surface area contributed by atoms with Crippen molar-refractivity contribution in [2.75, 3.05) is 12.4 Å². The lowest BCUT2D eigenvalue weighted by Gasteiger charge is -2.28. The molecule has 0 heterocycles. The fraction of sp³-hybridized carbons (Fsp3) is 0.200. The molecule has 0 aromatic heterocycles. The second-order valence-corrected chi connectivity index (χ2v) is 9.72. The monoisotopic (exact) mass is 543 g/mol. The molecule has 8 nitrogen and oxygen atoms in total. The number of carbonyl (C=O) groups excluding carboxylic acids is 2. The van der Waals surface area contributed by atoms with Gasteiger partial charge in [-0.2, -0.15) is 5.26 Å². The number of carbonyl (C=O) groups is 3. The minimum Gasteiger partial charge on any atom is -0.496 e. The maximum atomic E-state index is 15.0. The Morgan fingerprint density at radius 1 is 1.02 bits per heavy atom. The number of nitrogens with zero attached hydrogens (tertiary/aromatic N) is 1. The van der Waals surface area contributed by atoms with Crippen LogP contribution in [0.5, 0.6) is 5.75 Å². The van der Waals surface area contributed by atoms with Crippen molar-refractivity contribution in [2.24, 2.45) is 17.8 Å². The van der Waals surface area contributed by atoms with Crippen LogP contribution < -0.4 is 15.4 Å². The van der Waals surface area contributed by atoms with Gasteiger partial charge in [0.15, 0.2) is 0 Å². The molecule has 2 aliphatic carbocycles. The number of carboxylic acids is 1. The van der Waals surface area contributed by atoms with Gasteiger partial charge in [0.1, 0.15) is 17.4 Å². The van der Waals surface area contributed by atoms with Gasteiger partial charge in [0.2, 0.25) is 5.91 Å². The van der Waals surface area contributed by atoms with E-state index in [9.17, 15) is 23.2 Å². The molecule has 2 amide bonds. The number of anilines is 1. The predicted molar refractivity (Wildman–Crippen MR) is 141 cm³/mol. The first-order valence-corrected chi connectivity index (χ1v) is 12.4. The van der Waals surface area contributed by atoms with Crippen LogP contribution in [0.1, 0.15) is 32.7 Å². The topological polar surface area (TPSA) is 129 Å². The molecule has 3 N–H and O–H groups in total. The molecule has 4 atom stereocenters. The van der Waals surface area contributed by atoms with Gasteiger partial charge in [0, 0.05) is 23.4 Å². The highest BCUT2D eigenvalue weighted by Crippen LogP contribution is 2.44. The number of hydrogen-bond donors (Lipinski definition) is 3. The molecule has 3 aromatic carbocycles. The maximum Gasteiger partial charge on any atom is 0.335 e. The van der Waals surface area contributed by atoms with Crippen LogP contribution in [0.15, 0.2) is 66.7 Å². The second-order valence-electron chi connectivity index (χ2n) is 9.72. The summed E-state index contributed by atoms with van der Waals surface area (Å²) in [5.41, 5.74) is 0.708. The Morgan fingerprint density at radius 3 is 2.42 bits per heavy atom. The van der Waals surface area contributed by atoms with Gasteiger partial charge in [-0.15, -0.1) is 0 Å². The first-order valence-electron chi connectivity index (χ1n) is 12.4. The highest BCUT2D eigenvalue weighted by molar-refractivity contribution is 6.00. The van der Waals surface area contributed by atoms with Crippen LogP contribution in [0.4, 0.5) is 14.5 Å². The van der Waals surface area contributed by atoms with Gasteiger partial charge < -0.3 is 20.5 Å². The quantitative estimate of drug-likeness (QED) is 0.369. The summed E-state index contributed by atoms with van der Waals surface area (Å²) in [6, 6.07) is 12.8. The lowest BCUT2D eigenvalue weighted by molar-refractivity contribution is -0.121. The van der Waals surface area contributed by atoms with E-state index in [1.807, 2.05) is 18.2 Å². The minimum atomic E-state index is -1.12. The number of amides is 2. The summed E-state index contributed by atoms with van der Waals surface area (Å²) in [5.74, 6) is -4.41. The van der Waals surface area contributed by atoms with Gasteiger partial charge in [-0.05, 0) is 60.2 Å². The summed E-state index contributed by atoms with van der Waals surface area (Å²) in [5, 5.41) is 23.8. The zero-order chi connectivity index (χ0) is 28.6. The summed E-state index contributed by atoms with van der Waals surface area (Å²) in [7, 11) is 1.30. The van der Waals surface area contributed by atoms with Gasteiger partial charge in [0.25, 0.3) is 5.91 Å². The van der Waals surface area contributed by atoms with Crippen LogP contribution in [-0.2, 0) is 4.79 Å². The first-order chi connectivity index (χ1) is 19.2. The number of methoxy groups -OCH3 is 1. The third-order valence-corrected chi connectivity index (χ3v) is 7.33. The van der Waals surface area contributed by atoms with E-state index < -0.39 is 41.4 Å². The van der Waals surface area contributed by atoms with Crippen molar-refractivity contribution in [3.05, 3.63) is 95.1 Å². The molecule has 0 unspecified atom stereocenters. The summed E-state index contributed by atoms with van der Waals surface area (Å²) in [6.07, 6.45) is 4.49. The first kappa shape index (κ1) is 26.6. The van der Waals surface area contributed by atoms with Gasteiger partial charge in [-0.3, -0.25) is 9.59 Å². The fourth-order valence-electron chi connectivity index (χ4n) is 5.47. The maximum absolute atomic E-state index is 15.0. The molecule has 3 aromatic rings. The third-order valence-electron chi connectivity index (χ3n) is 7.33. The molecule has 5 rings (SSSR count). The lowest BCUT2D eigenvalue weighted by atomic mass is 9.87. The van der Waals surface area contributed by atoms with Crippen LogP contribution in [0, 0.1) is 40.7 Å². The van der Waals surface area contributed by atoms with E-state index in [0.717, 1.165) is 18.2 Å². The molecule has 1 fully saturated rings. The van der Waals surface area contributed by atoms with E-state index in [4.69, 9.17) is 15.1 Å². The Kier molecular flexibility index (Phi) is 7.05. The Morgan fingerprint density at radius 2 is 1.75 bits per heavy atom. The van der Waals surface area contributed by atoms with Crippen molar-refractivity contribution >= 4 is 23.5 Å². The molecule has 202 valence electrons. The number of allylic oxidation sites excluding steroid dienone is 1. The van der Waals surface area contributed by atoms with Crippen LogP contribution >= 0.6 is 0 Å². The van der Waals surface area contributed by atoms with Crippen LogP contribution in [0.25, 0.3) is 11.1 Å². The average Bonchev–Trinajstić information content (AvgIpc) is 3.54. The van der Waals surface area contributed by atoms with Crippen LogP contribution in [0.2, 0.25) is 0 Å². The largest absolute Gasteiger partial charge is 0.496 e. The number of carboxylic acid groups (broad SMARTS) is 1. The van der Waals surface area contributed by atoms with Crippen molar-refractivity contribution in [1.29, 1.82) is 5.26 Å². The van der Waals surface area contributed by atoms with E-state index >= 15 is 0 Å².